The maximum Gasteiger partial charge on any atom is 0.256 e. The smallest absolute Gasteiger partial charge is 0.256 e. The van der Waals surface area contributed by atoms with Gasteiger partial charge < -0.3 is 10.3 Å². The van der Waals surface area contributed by atoms with E-state index in [1.165, 1.54) is 6.07 Å². The van der Waals surface area contributed by atoms with Crippen molar-refractivity contribution in [2.24, 2.45) is 0 Å². The Morgan fingerprint density at radius 2 is 1.61 bits per heavy atom. The lowest BCUT2D eigenvalue weighted by molar-refractivity contribution is 0.102. The van der Waals surface area contributed by atoms with Crippen LogP contribution in [0.4, 0.5) is 5.69 Å². The van der Waals surface area contributed by atoms with Crippen LogP contribution in [0.25, 0.3) is 33.3 Å². The Hall–Kier alpha value is -3.87. The third-order valence-corrected chi connectivity index (χ3v) is 7.51. The predicted octanol–water partition coefficient (Wildman–Crippen LogP) is 7.12. The number of sulfone groups is 1. The van der Waals surface area contributed by atoms with Crippen LogP contribution in [-0.4, -0.2) is 25.6 Å². The lowest BCUT2D eigenvalue weighted by Crippen LogP contribution is -2.14. The fourth-order valence-corrected chi connectivity index (χ4v) is 5.02. The molecule has 1 heterocycles. The Balaban J connectivity index is 1.52. The van der Waals surface area contributed by atoms with E-state index < -0.39 is 9.84 Å². The number of rotatable bonds is 5. The molecule has 0 unspecified atom stereocenters. The van der Waals surface area contributed by atoms with E-state index in [1.54, 1.807) is 24.3 Å². The minimum absolute atomic E-state index is 0.155. The van der Waals surface area contributed by atoms with E-state index in [0.717, 1.165) is 39.5 Å². The number of halogens is 1. The molecule has 0 bridgehead atoms. The number of aromatic nitrogens is 1. The van der Waals surface area contributed by atoms with Crippen molar-refractivity contribution < 1.29 is 13.2 Å². The highest BCUT2D eigenvalue weighted by Crippen LogP contribution is 2.33. The van der Waals surface area contributed by atoms with Gasteiger partial charge in [-0.2, -0.15) is 0 Å². The van der Waals surface area contributed by atoms with Gasteiger partial charge in [0, 0.05) is 39.7 Å². The Bertz CT molecular complexity index is 1690. The summed E-state index contributed by atoms with van der Waals surface area (Å²) in [7, 11) is -3.44. The summed E-state index contributed by atoms with van der Waals surface area (Å²) in [4.78, 5) is 16.9. The van der Waals surface area contributed by atoms with Crippen LogP contribution in [0.5, 0.6) is 0 Å². The summed E-state index contributed by atoms with van der Waals surface area (Å²) in [5.41, 5.74) is 5.90. The molecular weight excluding hydrogens is 492 g/mol. The number of nitrogens with one attached hydrogen (secondary N) is 2. The lowest BCUT2D eigenvalue weighted by Gasteiger charge is -2.13. The molecule has 5 nitrogen and oxygen atoms in total. The Morgan fingerprint density at radius 1 is 0.861 bits per heavy atom. The van der Waals surface area contributed by atoms with Crippen LogP contribution < -0.4 is 5.32 Å². The molecule has 1 aromatic heterocycles. The van der Waals surface area contributed by atoms with Gasteiger partial charge in [-0.05, 0) is 66.6 Å². The summed E-state index contributed by atoms with van der Waals surface area (Å²) in [6.07, 6.45) is 1.15. The van der Waals surface area contributed by atoms with E-state index in [4.69, 9.17) is 11.6 Å². The third-order valence-electron chi connectivity index (χ3n) is 6.07. The second kappa shape index (κ2) is 9.30. The number of anilines is 1. The van der Waals surface area contributed by atoms with Crippen LogP contribution in [0, 0.1) is 6.92 Å². The molecule has 0 saturated heterocycles. The number of carbonyl (C=O) groups excluding carboxylic acids is 1. The van der Waals surface area contributed by atoms with Gasteiger partial charge in [-0.15, -0.1) is 0 Å². The number of para-hydroxylation sites is 1. The maximum atomic E-state index is 13.4. The summed E-state index contributed by atoms with van der Waals surface area (Å²) < 4.78 is 24.4. The molecule has 0 aliphatic carbocycles. The highest BCUT2D eigenvalue weighted by molar-refractivity contribution is 7.90. The van der Waals surface area contributed by atoms with Crippen LogP contribution >= 0.6 is 11.6 Å². The van der Waals surface area contributed by atoms with E-state index >= 15 is 0 Å². The van der Waals surface area contributed by atoms with Crippen molar-refractivity contribution in [3.05, 3.63) is 107 Å². The van der Waals surface area contributed by atoms with Crippen LogP contribution in [-0.2, 0) is 9.84 Å². The van der Waals surface area contributed by atoms with Crippen molar-refractivity contribution in [2.75, 3.05) is 11.6 Å². The zero-order valence-corrected chi connectivity index (χ0v) is 21.2. The molecule has 36 heavy (non-hydrogen) atoms. The van der Waals surface area contributed by atoms with Gasteiger partial charge in [-0.1, -0.05) is 59.6 Å². The largest absolute Gasteiger partial charge is 0.354 e. The van der Waals surface area contributed by atoms with Gasteiger partial charge in [0.1, 0.15) is 0 Å². The average Bonchev–Trinajstić information content (AvgIpc) is 3.29. The van der Waals surface area contributed by atoms with Gasteiger partial charge in [0.25, 0.3) is 5.91 Å². The minimum atomic E-state index is -3.44. The molecule has 180 valence electrons. The first-order chi connectivity index (χ1) is 17.2. The SMILES string of the molecule is Cc1ccc(-c2cc(S(C)(=O)=O)ccc2C(=O)Nc2ccc(Cl)c(-c3cc4ccccc4[nH]3)c2)cc1. The van der Waals surface area contributed by atoms with Crippen LogP contribution in [0.1, 0.15) is 15.9 Å². The van der Waals surface area contributed by atoms with E-state index in [9.17, 15) is 13.2 Å². The first-order valence-electron chi connectivity index (χ1n) is 11.3. The normalized spacial score (nSPS) is 11.5. The molecule has 0 spiro atoms. The zero-order valence-electron chi connectivity index (χ0n) is 19.7. The molecule has 7 heteroatoms. The number of fused-ring (bicyclic) bond motifs is 1. The number of hydrogen-bond acceptors (Lipinski definition) is 3. The van der Waals surface area contributed by atoms with Gasteiger partial charge in [0.2, 0.25) is 0 Å². The minimum Gasteiger partial charge on any atom is -0.354 e. The Labute approximate surface area is 214 Å². The second-order valence-electron chi connectivity index (χ2n) is 8.76. The van der Waals surface area contributed by atoms with Crippen LogP contribution in [0.15, 0.2) is 95.9 Å². The molecule has 0 aliphatic heterocycles. The first kappa shape index (κ1) is 23.9. The fourth-order valence-electron chi connectivity index (χ4n) is 4.15. The second-order valence-corrected chi connectivity index (χ2v) is 11.2. The quantitative estimate of drug-likeness (QED) is 0.262. The third kappa shape index (κ3) is 4.78. The molecular formula is C29H23ClN2O3S. The van der Waals surface area contributed by atoms with Crippen molar-refractivity contribution in [3.8, 4) is 22.4 Å². The maximum absolute atomic E-state index is 13.4. The molecule has 2 N–H and O–H groups in total. The molecule has 0 radical (unpaired) electrons. The van der Waals surface area contributed by atoms with E-state index in [1.807, 2.05) is 67.6 Å². The van der Waals surface area contributed by atoms with E-state index in [2.05, 4.69) is 10.3 Å². The number of H-pyrrole nitrogens is 1. The number of aryl methyl sites for hydroxylation is 1. The highest BCUT2D eigenvalue weighted by atomic mass is 35.5. The van der Waals surface area contributed by atoms with Crippen molar-refractivity contribution in [1.29, 1.82) is 0 Å². The van der Waals surface area contributed by atoms with Gasteiger partial charge in [0.15, 0.2) is 9.84 Å². The fraction of sp³-hybridized carbons (Fsp3) is 0.0690. The van der Waals surface area contributed by atoms with E-state index in [-0.39, 0.29) is 10.8 Å². The Kier molecular flexibility index (Phi) is 6.16. The van der Waals surface area contributed by atoms with Gasteiger partial charge in [-0.25, -0.2) is 8.42 Å². The van der Waals surface area contributed by atoms with Crippen LogP contribution in [0.2, 0.25) is 5.02 Å². The standard InChI is InChI=1S/C29H23ClN2O3S/c1-18-7-9-19(10-8-18)24-17-22(36(2,34)35)12-13-23(24)29(33)31-21-11-14-26(30)25(16-21)28-15-20-5-3-4-6-27(20)32-28/h3-17,32H,1-2H3,(H,31,33). The van der Waals surface area contributed by atoms with Crippen molar-refractivity contribution in [1.82, 2.24) is 4.98 Å². The first-order valence-corrected chi connectivity index (χ1v) is 13.6. The summed E-state index contributed by atoms with van der Waals surface area (Å²) in [5.74, 6) is -0.351. The van der Waals surface area contributed by atoms with Crippen molar-refractivity contribution in [3.63, 3.8) is 0 Å². The summed E-state index contributed by atoms with van der Waals surface area (Å²) in [5, 5.41) is 4.56. The number of benzene rings is 4. The van der Waals surface area contributed by atoms with Crippen molar-refractivity contribution in [2.45, 2.75) is 11.8 Å². The number of hydrogen-bond donors (Lipinski definition) is 2. The average molecular weight is 515 g/mol. The molecule has 1 amide bonds. The topological polar surface area (TPSA) is 79.0 Å². The van der Waals surface area contributed by atoms with E-state index in [0.29, 0.717) is 21.8 Å². The molecule has 0 aliphatic rings. The summed E-state index contributed by atoms with van der Waals surface area (Å²) in [6, 6.07) is 27.4. The molecule has 0 atom stereocenters. The van der Waals surface area contributed by atoms with Crippen molar-refractivity contribution >= 4 is 43.9 Å². The molecule has 5 aromatic rings. The highest BCUT2D eigenvalue weighted by Gasteiger charge is 2.18. The number of amides is 1. The molecule has 5 rings (SSSR count). The summed E-state index contributed by atoms with van der Waals surface area (Å²) >= 11 is 6.50. The van der Waals surface area contributed by atoms with Gasteiger partial charge >= 0.3 is 0 Å². The lowest BCUT2D eigenvalue weighted by atomic mass is 9.98. The van der Waals surface area contributed by atoms with Gasteiger partial charge in [0.05, 0.1) is 9.92 Å². The zero-order chi connectivity index (χ0) is 25.4. The molecule has 0 saturated carbocycles. The number of aromatic amines is 1. The van der Waals surface area contributed by atoms with Gasteiger partial charge in [-0.3, -0.25) is 4.79 Å². The predicted molar refractivity (Wildman–Crippen MR) is 146 cm³/mol. The summed E-state index contributed by atoms with van der Waals surface area (Å²) in [6.45, 7) is 1.97. The monoisotopic (exact) mass is 514 g/mol. The number of carbonyl (C=O) groups is 1. The molecule has 4 aromatic carbocycles. The molecule has 0 fully saturated rings. The van der Waals surface area contributed by atoms with Crippen LogP contribution in [0.3, 0.4) is 0 Å². The Morgan fingerprint density at radius 3 is 2.33 bits per heavy atom.